The highest BCUT2D eigenvalue weighted by Crippen LogP contribution is 2.36. The van der Waals surface area contributed by atoms with Gasteiger partial charge in [-0.1, -0.05) is 23.2 Å². The number of nitrogens with zero attached hydrogens (tertiary/aromatic N) is 2. The average molecular weight is 326 g/mol. The van der Waals surface area contributed by atoms with Gasteiger partial charge in [0.25, 0.3) is 0 Å². The maximum atomic E-state index is 11.3. The van der Waals surface area contributed by atoms with Crippen molar-refractivity contribution in [2.75, 3.05) is 13.2 Å². The number of carbonyl (C=O) groups is 2. The maximum absolute atomic E-state index is 11.3. The molecule has 1 aromatic rings. The van der Waals surface area contributed by atoms with Gasteiger partial charge in [-0.2, -0.15) is 5.10 Å². The summed E-state index contributed by atoms with van der Waals surface area (Å²) in [6.45, 7) is 0.180. The van der Waals surface area contributed by atoms with Crippen LogP contribution in [-0.4, -0.2) is 36.3 Å². The molecule has 0 aromatic heterocycles. The number of fused-ring (bicyclic) bond motifs is 1. The first-order valence-corrected chi connectivity index (χ1v) is 6.76. The number of urea groups is 1. The van der Waals surface area contributed by atoms with Crippen molar-refractivity contribution in [2.24, 2.45) is 5.10 Å². The van der Waals surface area contributed by atoms with E-state index in [1.807, 2.05) is 6.08 Å². The van der Waals surface area contributed by atoms with Gasteiger partial charge in [0.15, 0.2) is 0 Å². The third-order valence-electron chi connectivity index (χ3n) is 2.90. The van der Waals surface area contributed by atoms with E-state index < -0.39 is 6.03 Å². The first kappa shape index (κ1) is 13.9. The maximum Gasteiger partial charge on any atom is 0.344 e. The van der Waals surface area contributed by atoms with Crippen LogP contribution in [0.15, 0.2) is 22.8 Å². The highest BCUT2D eigenvalue weighted by atomic mass is 35.5. The van der Waals surface area contributed by atoms with Crippen molar-refractivity contribution in [1.82, 2.24) is 10.3 Å². The lowest BCUT2D eigenvalue weighted by atomic mass is 10.1. The molecule has 0 aliphatic carbocycles. The Morgan fingerprint density at radius 1 is 1.33 bits per heavy atom. The summed E-state index contributed by atoms with van der Waals surface area (Å²) in [6.07, 6.45) is 3.28. The Balaban J connectivity index is 1.83. The Kier molecular flexibility index (Phi) is 3.57. The van der Waals surface area contributed by atoms with Crippen molar-refractivity contribution in [3.05, 3.63) is 33.3 Å². The molecule has 3 rings (SSSR count). The molecule has 0 radical (unpaired) electrons. The summed E-state index contributed by atoms with van der Waals surface area (Å²) in [5.41, 5.74) is 1.47. The number of rotatable bonds is 2. The lowest BCUT2D eigenvalue weighted by Crippen LogP contribution is -2.24. The van der Waals surface area contributed by atoms with Crippen LogP contribution in [0.4, 0.5) is 4.79 Å². The zero-order chi connectivity index (χ0) is 15.0. The standard InChI is InChI=1S/C13H9Cl2N3O3/c14-9-2-8-1-7(6-21-12(8)10(15)3-9)4-16-18-5-11(19)17-13(18)20/h1-4H,5-6H2,(H,17,19,20). The summed E-state index contributed by atoms with van der Waals surface area (Å²) in [6, 6.07) is 2.79. The van der Waals surface area contributed by atoms with Crippen molar-refractivity contribution >= 4 is 47.4 Å². The van der Waals surface area contributed by atoms with Crippen LogP contribution in [0.2, 0.25) is 10.0 Å². The van der Waals surface area contributed by atoms with E-state index in [9.17, 15) is 9.59 Å². The Morgan fingerprint density at radius 2 is 2.14 bits per heavy atom. The lowest BCUT2D eigenvalue weighted by Gasteiger charge is -2.17. The molecule has 0 bridgehead atoms. The van der Waals surface area contributed by atoms with Gasteiger partial charge < -0.3 is 4.74 Å². The predicted molar refractivity (Wildman–Crippen MR) is 78.7 cm³/mol. The van der Waals surface area contributed by atoms with Gasteiger partial charge in [0, 0.05) is 16.2 Å². The number of hydrogen-bond acceptors (Lipinski definition) is 4. The van der Waals surface area contributed by atoms with Crippen LogP contribution in [0.1, 0.15) is 5.56 Å². The van der Waals surface area contributed by atoms with Crippen molar-refractivity contribution in [2.45, 2.75) is 0 Å². The van der Waals surface area contributed by atoms with E-state index in [4.69, 9.17) is 27.9 Å². The second-order valence-corrected chi connectivity index (χ2v) is 5.31. The van der Waals surface area contributed by atoms with Crippen molar-refractivity contribution in [3.63, 3.8) is 0 Å². The van der Waals surface area contributed by atoms with Crippen molar-refractivity contribution in [1.29, 1.82) is 0 Å². The van der Waals surface area contributed by atoms with Crippen LogP contribution in [0.3, 0.4) is 0 Å². The first-order valence-electron chi connectivity index (χ1n) is 6.00. The second-order valence-electron chi connectivity index (χ2n) is 4.47. The van der Waals surface area contributed by atoms with Gasteiger partial charge in [-0.05, 0) is 18.2 Å². The summed E-state index contributed by atoms with van der Waals surface area (Å²) in [7, 11) is 0. The second kappa shape index (κ2) is 5.38. The number of hydrazone groups is 1. The largest absolute Gasteiger partial charge is 0.487 e. The fraction of sp³-hybridized carbons (Fsp3) is 0.154. The molecule has 2 aliphatic rings. The van der Waals surface area contributed by atoms with E-state index >= 15 is 0 Å². The quantitative estimate of drug-likeness (QED) is 0.670. The van der Waals surface area contributed by atoms with Crippen LogP contribution >= 0.6 is 23.2 Å². The number of ether oxygens (including phenoxy) is 1. The SMILES string of the molecule is O=C1CN(N=CC2=Cc3cc(Cl)cc(Cl)c3OC2)C(=O)N1. The van der Waals surface area contributed by atoms with E-state index in [0.717, 1.165) is 16.1 Å². The number of carbonyl (C=O) groups excluding carboxylic acids is 2. The zero-order valence-electron chi connectivity index (χ0n) is 10.6. The van der Waals surface area contributed by atoms with Gasteiger partial charge in [0.1, 0.15) is 18.9 Å². The molecule has 8 heteroatoms. The molecule has 108 valence electrons. The number of halogens is 2. The molecule has 1 N–H and O–H groups in total. The van der Waals surface area contributed by atoms with E-state index in [1.165, 1.54) is 6.21 Å². The molecule has 1 aromatic carbocycles. The number of benzene rings is 1. The molecule has 0 spiro atoms. The minimum Gasteiger partial charge on any atom is -0.487 e. The Morgan fingerprint density at radius 3 is 2.86 bits per heavy atom. The minimum absolute atomic E-state index is 0.0856. The van der Waals surface area contributed by atoms with Crippen LogP contribution in [0, 0.1) is 0 Å². The number of amides is 3. The zero-order valence-corrected chi connectivity index (χ0v) is 12.1. The molecule has 2 aliphatic heterocycles. The topological polar surface area (TPSA) is 71.0 Å². The Hall–Kier alpha value is -2.05. The molecule has 0 atom stereocenters. The molecule has 6 nitrogen and oxygen atoms in total. The van der Waals surface area contributed by atoms with Crippen LogP contribution in [-0.2, 0) is 4.79 Å². The molecule has 1 fully saturated rings. The number of nitrogens with one attached hydrogen (secondary N) is 1. The normalized spacial score (nSPS) is 17.6. The third-order valence-corrected chi connectivity index (χ3v) is 3.40. The highest BCUT2D eigenvalue weighted by molar-refractivity contribution is 6.36. The lowest BCUT2D eigenvalue weighted by molar-refractivity contribution is -0.118. The van der Waals surface area contributed by atoms with Crippen LogP contribution in [0.25, 0.3) is 6.08 Å². The van der Waals surface area contributed by atoms with Crippen LogP contribution in [0.5, 0.6) is 5.75 Å². The van der Waals surface area contributed by atoms with E-state index in [2.05, 4.69) is 10.4 Å². The van der Waals surface area contributed by atoms with Crippen LogP contribution < -0.4 is 10.1 Å². The van der Waals surface area contributed by atoms with E-state index in [0.29, 0.717) is 15.8 Å². The predicted octanol–water partition coefficient (Wildman–Crippen LogP) is 2.31. The molecule has 0 saturated carbocycles. The number of hydrogen-bond donors (Lipinski definition) is 1. The Bertz CT molecular complexity index is 700. The molecular formula is C13H9Cl2N3O3. The fourth-order valence-corrected chi connectivity index (χ4v) is 2.54. The first-order chi connectivity index (χ1) is 10.0. The highest BCUT2D eigenvalue weighted by Gasteiger charge is 2.26. The van der Waals surface area contributed by atoms with Gasteiger partial charge in [0.2, 0.25) is 5.91 Å². The molecule has 21 heavy (non-hydrogen) atoms. The fourth-order valence-electron chi connectivity index (χ4n) is 1.98. The van der Waals surface area contributed by atoms with E-state index in [1.54, 1.807) is 12.1 Å². The summed E-state index contributed by atoms with van der Waals surface area (Å²) >= 11 is 12.0. The molecular weight excluding hydrogens is 317 g/mol. The van der Waals surface area contributed by atoms with E-state index in [-0.39, 0.29) is 19.1 Å². The summed E-state index contributed by atoms with van der Waals surface area (Å²) < 4.78 is 5.55. The summed E-state index contributed by atoms with van der Waals surface area (Å²) in [5, 5.41) is 8.08. The minimum atomic E-state index is -0.542. The van der Waals surface area contributed by atoms with Gasteiger partial charge >= 0.3 is 6.03 Å². The van der Waals surface area contributed by atoms with Crippen molar-refractivity contribution < 1.29 is 14.3 Å². The van der Waals surface area contributed by atoms with Crippen molar-refractivity contribution in [3.8, 4) is 5.75 Å². The van der Waals surface area contributed by atoms with Gasteiger partial charge in [-0.15, -0.1) is 0 Å². The average Bonchev–Trinajstić information content (AvgIpc) is 2.74. The number of imide groups is 1. The third kappa shape index (κ3) is 2.86. The van der Waals surface area contributed by atoms with Gasteiger partial charge in [-0.3, -0.25) is 10.1 Å². The van der Waals surface area contributed by atoms with Gasteiger partial charge in [-0.25, -0.2) is 9.80 Å². The van der Waals surface area contributed by atoms with Gasteiger partial charge in [0.05, 0.1) is 11.2 Å². The summed E-state index contributed by atoms with van der Waals surface area (Å²) in [4.78, 5) is 22.4. The summed E-state index contributed by atoms with van der Waals surface area (Å²) in [5.74, 6) is 0.183. The Labute approximate surface area is 130 Å². The molecule has 1 saturated heterocycles. The molecule has 2 heterocycles. The smallest absolute Gasteiger partial charge is 0.344 e. The molecule has 3 amide bonds. The molecule has 0 unspecified atom stereocenters. The monoisotopic (exact) mass is 325 g/mol.